The van der Waals surface area contributed by atoms with Crippen molar-refractivity contribution in [3.8, 4) is 5.75 Å². The maximum absolute atomic E-state index is 13.0. The highest BCUT2D eigenvalue weighted by atomic mass is 16.6. The fraction of sp³-hybridized carbons (Fsp3) is 0.150. The molecule has 148 valence electrons. The number of anilines is 1. The summed E-state index contributed by atoms with van der Waals surface area (Å²) in [6, 6.07) is 9.34. The number of nitro groups is 1. The first-order valence-electron chi connectivity index (χ1n) is 8.76. The molecule has 0 saturated carbocycles. The van der Waals surface area contributed by atoms with Gasteiger partial charge in [0.05, 0.1) is 27.5 Å². The van der Waals surface area contributed by atoms with Crippen molar-refractivity contribution < 1.29 is 24.7 Å². The SMILES string of the molecule is CCCC1=NN(c2cccc(C(=O)O)c2)C(=O)C1=Cc1cc([N+](=O)[O-])ccc1O. The van der Waals surface area contributed by atoms with Gasteiger partial charge in [0, 0.05) is 17.7 Å². The van der Waals surface area contributed by atoms with Crippen molar-refractivity contribution in [1.29, 1.82) is 0 Å². The van der Waals surface area contributed by atoms with Crippen LogP contribution < -0.4 is 5.01 Å². The number of hydrogen-bond donors (Lipinski definition) is 2. The minimum absolute atomic E-state index is 0.0105. The van der Waals surface area contributed by atoms with Crippen molar-refractivity contribution in [2.75, 3.05) is 5.01 Å². The quantitative estimate of drug-likeness (QED) is 0.436. The highest BCUT2D eigenvalue weighted by Crippen LogP contribution is 2.30. The molecule has 2 N–H and O–H groups in total. The number of nitrogens with zero attached hydrogens (tertiary/aromatic N) is 3. The number of carbonyl (C=O) groups is 2. The van der Waals surface area contributed by atoms with E-state index < -0.39 is 16.8 Å². The van der Waals surface area contributed by atoms with E-state index in [2.05, 4.69) is 5.10 Å². The van der Waals surface area contributed by atoms with Crippen LogP contribution in [0.15, 0.2) is 53.1 Å². The van der Waals surface area contributed by atoms with Crippen LogP contribution in [0.5, 0.6) is 5.75 Å². The molecule has 1 heterocycles. The minimum atomic E-state index is -1.13. The third-order valence-electron chi connectivity index (χ3n) is 4.30. The molecule has 29 heavy (non-hydrogen) atoms. The number of rotatable bonds is 6. The first kappa shape index (κ1) is 19.7. The Hall–Kier alpha value is -4.01. The number of carboxylic acid groups (broad SMARTS) is 1. The molecule has 0 aromatic heterocycles. The summed E-state index contributed by atoms with van der Waals surface area (Å²) in [5.41, 5.74) is 0.826. The molecule has 2 aromatic carbocycles. The van der Waals surface area contributed by atoms with Crippen LogP contribution in [-0.4, -0.2) is 32.7 Å². The van der Waals surface area contributed by atoms with Gasteiger partial charge in [0.15, 0.2) is 0 Å². The topological polar surface area (TPSA) is 133 Å². The molecule has 0 fully saturated rings. The molecule has 0 radical (unpaired) electrons. The van der Waals surface area contributed by atoms with Gasteiger partial charge in [-0.3, -0.25) is 14.9 Å². The van der Waals surface area contributed by atoms with E-state index in [1.165, 1.54) is 42.5 Å². The van der Waals surface area contributed by atoms with Gasteiger partial charge in [-0.15, -0.1) is 0 Å². The second-order valence-electron chi connectivity index (χ2n) is 6.33. The number of nitro benzene ring substituents is 1. The zero-order valence-corrected chi connectivity index (χ0v) is 15.4. The number of amides is 1. The molecule has 1 aliphatic rings. The average molecular weight is 395 g/mol. The van der Waals surface area contributed by atoms with E-state index in [1.807, 2.05) is 6.92 Å². The number of benzene rings is 2. The largest absolute Gasteiger partial charge is 0.507 e. The molecule has 9 nitrogen and oxygen atoms in total. The summed E-state index contributed by atoms with van der Waals surface area (Å²) in [5.74, 6) is -1.85. The number of carboxylic acids is 1. The number of aromatic carboxylic acids is 1. The Labute approximate surface area is 165 Å². The van der Waals surface area contributed by atoms with E-state index in [4.69, 9.17) is 5.11 Å². The molecule has 0 bridgehead atoms. The zero-order valence-electron chi connectivity index (χ0n) is 15.4. The van der Waals surface area contributed by atoms with E-state index in [1.54, 1.807) is 6.07 Å². The Morgan fingerprint density at radius 1 is 1.28 bits per heavy atom. The van der Waals surface area contributed by atoms with Gasteiger partial charge in [-0.1, -0.05) is 19.4 Å². The average Bonchev–Trinajstić information content (AvgIpc) is 2.99. The number of hydrazone groups is 1. The highest BCUT2D eigenvalue weighted by Gasteiger charge is 2.31. The minimum Gasteiger partial charge on any atom is -0.507 e. The Balaban J connectivity index is 2.06. The first-order valence-corrected chi connectivity index (χ1v) is 8.76. The van der Waals surface area contributed by atoms with Gasteiger partial charge in [0.1, 0.15) is 5.75 Å². The van der Waals surface area contributed by atoms with Crippen LogP contribution in [0.1, 0.15) is 35.7 Å². The lowest BCUT2D eigenvalue weighted by atomic mass is 10.0. The molecule has 0 spiro atoms. The maximum Gasteiger partial charge on any atom is 0.335 e. The normalized spacial score (nSPS) is 14.9. The van der Waals surface area contributed by atoms with Crippen molar-refractivity contribution >= 4 is 35.0 Å². The molecule has 0 saturated heterocycles. The van der Waals surface area contributed by atoms with Crippen LogP contribution >= 0.6 is 0 Å². The highest BCUT2D eigenvalue weighted by molar-refractivity contribution is 6.32. The van der Waals surface area contributed by atoms with Gasteiger partial charge >= 0.3 is 5.97 Å². The summed E-state index contributed by atoms with van der Waals surface area (Å²) in [6.45, 7) is 1.91. The van der Waals surface area contributed by atoms with Crippen molar-refractivity contribution in [1.82, 2.24) is 0 Å². The van der Waals surface area contributed by atoms with E-state index in [-0.39, 0.29) is 33.8 Å². The van der Waals surface area contributed by atoms with Gasteiger partial charge in [0.25, 0.3) is 11.6 Å². The lowest BCUT2D eigenvalue weighted by Crippen LogP contribution is -2.21. The van der Waals surface area contributed by atoms with Crippen LogP contribution in [0, 0.1) is 10.1 Å². The number of carbonyl (C=O) groups excluding carboxylic acids is 1. The van der Waals surface area contributed by atoms with Crippen LogP contribution in [0.4, 0.5) is 11.4 Å². The summed E-state index contributed by atoms with van der Waals surface area (Å²) in [7, 11) is 0. The van der Waals surface area contributed by atoms with Crippen molar-refractivity contribution in [3.05, 3.63) is 69.3 Å². The molecule has 1 amide bonds. The van der Waals surface area contributed by atoms with E-state index in [0.717, 1.165) is 5.01 Å². The molecule has 9 heteroatoms. The fourth-order valence-corrected chi connectivity index (χ4v) is 2.90. The summed E-state index contributed by atoms with van der Waals surface area (Å²) in [5, 5.41) is 35.7. The first-order chi connectivity index (χ1) is 13.8. The van der Waals surface area contributed by atoms with Gasteiger partial charge in [-0.25, -0.2) is 4.79 Å². The predicted octanol–water partition coefficient (Wildman–Crippen LogP) is 3.58. The number of phenols is 1. The molecule has 0 unspecified atom stereocenters. The van der Waals surface area contributed by atoms with Gasteiger partial charge < -0.3 is 10.2 Å². The number of non-ortho nitro benzene ring substituents is 1. The second-order valence-corrected chi connectivity index (χ2v) is 6.33. The third-order valence-corrected chi connectivity index (χ3v) is 4.30. The van der Waals surface area contributed by atoms with E-state index in [0.29, 0.717) is 18.6 Å². The van der Waals surface area contributed by atoms with Crippen molar-refractivity contribution in [2.24, 2.45) is 5.10 Å². The Kier molecular flexibility index (Phi) is 5.40. The molecule has 3 rings (SSSR count). The predicted molar refractivity (Wildman–Crippen MR) is 106 cm³/mol. The lowest BCUT2D eigenvalue weighted by Gasteiger charge is -2.12. The summed E-state index contributed by atoms with van der Waals surface area (Å²) < 4.78 is 0. The van der Waals surface area contributed by atoms with E-state index in [9.17, 15) is 24.8 Å². The van der Waals surface area contributed by atoms with Crippen LogP contribution in [-0.2, 0) is 4.79 Å². The standard InChI is InChI=1S/C20H17N3O6/c1-2-4-17-16(11-13-10-15(23(28)29)7-8-18(13)24)19(25)22(21-17)14-6-3-5-12(9-14)20(26)27/h3,5-11,24H,2,4H2,1H3,(H,26,27). The fourth-order valence-electron chi connectivity index (χ4n) is 2.90. The smallest absolute Gasteiger partial charge is 0.335 e. The van der Waals surface area contributed by atoms with Crippen molar-refractivity contribution in [2.45, 2.75) is 19.8 Å². The number of phenolic OH excluding ortho intramolecular Hbond substituents is 1. The van der Waals surface area contributed by atoms with E-state index >= 15 is 0 Å². The monoisotopic (exact) mass is 395 g/mol. The lowest BCUT2D eigenvalue weighted by molar-refractivity contribution is -0.384. The number of aromatic hydroxyl groups is 1. The molecular weight excluding hydrogens is 378 g/mol. The summed E-state index contributed by atoms with van der Waals surface area (Å²) >= 11 is 0. The second kappa shape index (κ2) is 7.93. The number of hydrogen-bond acceptors (Lipinski definition) is 6. The summed E-state index contributed by atoms with van der Waals surface area (Å²) in [4.78, 5) is 34.6. The summed E-state index contributed by atoms with van der Waals surface area (Å²) in [6.07, 6.45) is 2.51. The van der Waals surface area contributed by atoms with Crippen LogP contribution in [0.3, 0.4) is 0 Å². The maximum atomic E-state index is 13.0. The Morgan fingerprint density at radius 3 is 2.69 bits per heavy atom. The molecular formula is C20H17N3O6. The zero-order chi connectivity index (χ0) is 21.1. The molecule has 1 aliphatic heterocycles. The molecule has 0 atom stereocenters. The van der Waals surface area contributed by atoms with Gasteiger partial charge in [-0.2, -0.15) is 10.1 Å². The molecule has 0 aliphatic carbocycles. The van der Waals surface area contributed by atoms with Gasteiger partial charge in [-0.05, 0) is 36.8 Å². The Bertz CT molecular complexity index is 1070. The third kappa shape index (κ3) is 3.98. The van der Waals surface area contributed by atoms with Crippen molar-refractivity contribution in [3.63, 3.8) is 0 Å². The van der Waals surface area contributed by atoms with Gasteiger partial charge in [0.2, 0.25) is 0 Å². The molecule has 2 aromatic rings. The van der Waals surface area contributed by atoms with Crippen LogP contribution in [0.25, 0.3) is 6.08 Å². The van der Waals surface area contributed by atoms with Crippen LogP contribution in [0.2, 0.25) is 0 Å². The Morgan fingerprint density at radius 2 is 2.03 bits per heavy atom.